The molecule has 0 saturated heterocycles. The zero-order valence-electron chi connectivity index (χ0n) is 10.5. The summed E-state index contributed by atoms with van der Waals surface area (Å²) < 4.78 is 0. The number of rotatable bonds is 7. The van der Waals surface area contributed by atoms with Gasteiger partial charge in [-0.2, -0.15) is 12.6 Å². The van der Waals surface area contributed by atoms with Gasteiger partial charge in [-0.1, -0.05) is 33.1 Å². The van der Waals surface area contributed by atoms with Gasteiger partial charge < -0.3 is 4.90 Å². The van der Waals surface area contributed by atoms with Crippen LogP contribution >= 0.6 is 12.6 Å². The molecule has 1 nitrogen and oxygen atoms in total. The van der Waals surface area contributed by atoms with Gasteiger partial charge >= 0.3 is 0 Å². The highest BCUT2D eigenvalue weighted by atomic mass is 32.1. The van der Waals surface area contributed by atoms with Crippen LogP contribution in [0, 0.1) is 5.41 Å². The van der Waals surface area contributed by atoms with Crippen LogP contribution in [0.25, 0.3) is 0 Å². The van der Waals surface area contributed by atoms with Crippen LogP contribution in [0.2, 0.25) is 0 Å². The summed E-state index contributed by atoms with van der Waals surface area (Å²) in [5.74, 6) is 1.08. The number of unbranched alkanes of at least 4 members (excludes halogenated alkanes) is 1. The van der Waals surface area contributed by atoms with E-state index in [4.69, 9.17) is 0 Å². The van der Waals surface area contributed by atoms with Gasteiger partial charge in [0.05, 0.1) is 0 Å². The van der Waals surface area contributed by atoms with Crippen molar-refractivity contribution < 1.29 is 0 Å². The van der Waals surface area contributed by atoms with Crippen LogP contribution in [0.15, 0.2) is 0 Å². The van der Waals surface area contributed by atoms with E-state index in [1.165, 1.54) is 58.2 Å². The normalized spacial score (nSPS) is 20.0. The van der Waals surface area contributed by atoms with Crippen LogP contribution in [0.1, 0.15) is 52.4 Å². The van der Waals surface area contributed by atoms with Gasteiger partial charge in [0.2, 0.25) is 0 Å². The van der Waals surface area contributed by atoms with E-state index >= 15 is 0 Å². The molecule has 0 N–H and O–H groups in total. The molecule has 1 aliphatic rings. The molecule has 0 atom stereocenters. The Hall–Kier alpha value is 0.310. The lowest BCUT2D eigenvalue weighted by atomic mass is 9.88. The van der Waals surface area contributed by atoms with Gasteiger partial charge in [-0.3, -0.25) is 0 Å². The fraction of sp³-hybridized carbons (Fsp3) is 1.00. The number of thiol groups is 1. The van der Waals surface area contributed by atoms with E-state index in [1.807, 2.05) is 0 Å². The summed E-state index contributed by atoms with van der Waals surface area (Å²) >= 11 is 4.58. The van der Waals surface area contributed by atoms with Crippen molar-refractivity contribution >= 4 is 12.6 Å². The average molecular weight is 229 g/mol. The molecule has 0 aromatic carbocycles. The van der Waals surface area contributed by atoms with E-state index < -0.39 is 0 Å². The molecule has 15 heavy (non-hydrogen) atoms. The van der Waals surface area contributed by atoms with Crippen molar-refractivity contribution in [2.45, 2.75) is 52.4 Å². The van der Waals surface area contributed by atoms with E-state index in [2.05, 4.69) is 31.4 Å². The van der Waals surface area contributed by atoms with Crippen molar-refractivity contribution in [3.63, 3.8) is 0 Å². The number of hydrogen-bond acceptors (Lipinski definition) is 2. The largest absolute Gasteiger partial charge is 0.303 e. The molecule has 0 heterocycles. The van der Waals surface area contributed by atoms with Crippen LogP contribution in [0.5, 0.6) is 0 Å². The van der Waals surface area contributed by atoms with Crippen LogP contribution in [0.4, 0.5) is 0 Å². The molecule has 1 saturated carbocycles. The second kappa shape index (κ2) is 6.80. The van der Waals surface area contributed by atoms with E-state index in [9.17, 15) is 0 Å². The van der Waals surface area contributed by atoms with Gasteiger partial charge in [0, 0.05) is 6.54 Å². The first-order valence-corrected chi connectivity index (χ1v) is 7.23. The van der Waals surface area contributed by atoms with Gasteiger partial charge in [-0.15, -0.1) is 0 Å². The smallest absolute Gasteiger partial charge is 0.00457 e. The topological polar surface area (TPSA) is 3.24 Å². The van der Waals surface area contributed by atoms with Crippen molar-refractivity contribution in [3.05, 3.63) is 0 Å². The van der Waals surface area contributed by atoms with Gasteiger partial charge in [0.15, 0.2) is 0 Å². The lowest BCUT2D eigenvalue weighted by molar-refractivity contribution is 0.176. The molecule has 0 aliphatic heterocycles. The highest BCUT2D eigenvalue weighted by molar-refractivity contribution is 7.80. The fourth-order valence-corrected chi connectivity index (χ4v) is 3.11. The zero-order valence-corrected chi connectivity index (χ0v) is 11.4. The third-order valence-corrected chi connectivity index (χ3v) is 4.50. The number of hydrogen-bond donors (Lipinski definition) is 1. The Morgan fingerprint density at radius 2 is 1.87 bits per heavy atom. The molecule has 0 bridgehead atoms. The van der Waals surface area contributed by atoms with Crippen LogP contribution in [-0.4, -0.2) is 30.3 Å². The average Bonchev–Trinajstić information content (AvgIpc) is 2.73. The molecule has 90 valence electrons. The molecule has 0 unspecified atom stereocenters. The Morgan fingerprint density at radius 1 is 1.20 bits per heavy atom. The summed E-state index contributed by atoms with van der Waals surface area (Å²) in [4.78, 5) is 2.63. The molecule has 0 spiro atoms. The summed E-state index contributed by atoms with van der Waals surface area (Å²) in [6.45, 7) is 8.33. The van der Waals surface area contributed by atoms with Gasteiger partial charge in [0.25, 0.3) is 0 Å². The predicted molar refractivity (Wildman–Crippen MR) is 71.8 cm³/mol. The van der Waals surface area contributed by atoms with Crippen LogP contribution in [-0.2, 0) is 0 Å². The molecule has 0 aromatic rings. The Kier molecular flexibility index (Phi) is 6.06. The maximum atomic E-state index is 4.58. The molecule has 1 rings (SSSR count). The third-order valence-electron chi connectivity index (χ3n) is 3.83. The van der Waals surface area contributed by atoms with E-state index in [1.54, 1.807) is 0 Å². The molecule has 0 amide bonds. The third kappa shape index (κ3) is 3.99. The predicted octanol–water partition coefficient (Wildman–Crippen LogP) is 3.60. The summed E-state index contributed by atoms with van der Waals surface area (Å²) in [6, 6.07) is 0. The van der Waals surface area contributed by atoms with Crippen molar-refractivity contribution in [1.29, 1.82) is 0 Å². The van der Waals surface area contributed by atoms with Gasteiger partial charge in [-0.05, 0) is 43.5 Å². The molecule has 2 heteroatoms. The van der Waals surface area contributed by atoms with Crippen LogP contribution in [0.3, 0.4) is 0 Å². The summed E-state index contributed by atoms with van der Waals surface area (Å²) in [5.41, 5.74) is 0.548. The first-order chi connectivity index (χ1) is 7.26. The quantitative estimate of drug-likeness (QED) is 0.653. The standard InChI is InChI=1S/C13H27NS/c1-3-5-10-14(4-2)11-13(12-15)8-6-7-9-13/h15H,3-12H2,1-2H3. The summed E-state index contributed by atoms with van der Waals surface area (Å²) in [5, 5.41) is 0. The lowest BCUT2D eigenvalue weighted by Crippen LogP contribution is -2.38. The minimum absolute atomic E-state index is 0.548. The molecular weight excluding hydrogens is 202 g/mol. The van der Waals surface area contributed by atoms with Crippen molar-refractivity contribution in [3.8, 4) is 0 Å². The minimum Gasteiger partial charge on any atom is -0.303 e. The van der Waals surface area contributed by atoms with E-state index in [0.29, 0.717) is 5.41 Å². The molecular formula is C13H27NS. The molecule has 1 fully saturated rings. The second-order valence-corrected chi connectivity index (χ2v) is 5.40. The fourth-order valence-electron chi connectivity index (χ4n) is 2.70. The van der Waals surface area contributed by atoms with Crippen molar-refractivity contribution in [2.75, 3.05) is 25.4 Å². The first kappa shape index (κ1) is 13.4. The highest BCUT2D eigenvalue weighted by Crippen LogP contribution is 2.39. The zero-order chi connectivity index (χ0) is 11.1. The van der Waals surface area contributed by atoms with Crippen LogP contribution < -0.4 is 0 Å². The monoisotopic (exact) mass is 229 g/mol. The summed E-state index contributed by atoms with van der Waals surface area (Å²) in [6.07, 6.45) is 8.30. The van der Waals surface area contributed by atoms with Gasteiger partial charge in [-0.25, -0.2) is 0 Å². The molecule has 0 aromatic heterocycles. The molecule has 1 aliphatic carbocycles. The lowest BCUT2D eigenvalue weighted by Gasteiger charge is -2.33. The van der Waals surface area contributed by atoms with Crippen molar-refractivity contribution in [1.82, 2.24) is 4.90 Å². The summed E-state index contributed by atoms with van der Waals surface area (Å²) in [7, 11) is 0. The Labute approximate surface area is 101 Å². The Balaban J connectivity index is 2.40. The Bertz CT molecular complexity index is 164. The van der Waals surface area contributed by atoms with Crippen molar-refractivity contribution in [2.24, 2.45) is 5.41 Å². The maximum absolute atomic E-state index is 4.58. The molecule has 0 radical (unpaired) electrons. The minimum atomic E-state index is 0.548. The number of nitrogens with zero attached hydrogens (tertiary/aromatic N) is 1. The maximum Gasteiger partial charge on any atom is 0.00457 e. The second-order valence-electron chi connectivity index (χ2n) is 5.09. The highest BCUT2D eigenvalue weighted by Gasteiger charge is 2.33. The SMILES string of the molecule is CCCCN(CC)CC1(CS)CCCC1. The van der Waals surface area contributed by atoms with Gasteiger partial charge in [0.1, 0.15) is 0 Å². The van der Waals surface area contributed by atoms with E-state index in [0.717, 1.165) is 5.75 Å². The Morgan fingerprint density at radius 3 is 2.33 bits per heavy atom. The van der Waals surface area contributed by atoms with E-state index in [-0.39, 0.29) is 0 Å². The first-order valence-electron chi connectivity index (χ1n) is 6.59.